The minimum Gasteiger partial charge on any atom is -0.490 e. The van der Waals surface area contributed by atoms with Crippen molar-refractivity contribution in [1.82, 2.24) is 9.55 Å². The van der Waals surface area contributed by atoms with Crippen LogP contribution in [0.2, 0.25) is 0 Å². The topological polar surface area (TPSA) is 44.1 Å². The van der Waals surface area contributed by atoms with Crippen LogP contribution < -0.4 is 4.74 Å². The van der Waals surface area contributed by atoms with Crippen LogP contribution in [0, 0.1) is 0 Å². The number of fused-ring (bicyclic) bond motifs is 2. The van der Waals surface area contributed by atoms with Crippen molar-refractivity contribution in [3.8, 4) is 11.4 Å². The number of Topliss-reactive ketones (excluding diaryl/α,β-unsaturated/α-hetero) is 1. The Morgan fingerprint density at radius 2 is 2.25 bits per heavy atom. The maximum atomic E-state index is 12.1. The first-order valence-corrected chi connectivity index (χ1v) is 7.12. The summed E-state index contributed by atoms with van der Waals surface area (Å²) in [5, 5.41) is 0. The number of hydrogen-bond donors (Lipinski definition) is 0. The number of rotatable bonds is 1. The Morgan fingerprint density at radius 1 is 1.35 bits per heavy atom. The van der Waals surface area contributed by atoms with Crippen LogP contribution in [0.4, 0.5) is 0 Å². The van der Waals surface area contributed by atoms with E-state index in [1.165, 1.54) is 5.56 Å². The summed E-state index contributed by atoms with van der Waals surface area (Å²) in [5.74, 6) is 1.16. The standard InChI is InChI=1S/C16H16N2O2/c1-10-7-11-8-12(5-6-15(11)20-10)18-9-17-13-3-2-4-14(19)16(13)18/h5-6,8-10H,2-4,7H2,1H3. The molecule has 0 fully saturated rings. The number of aryl methyl sites for hydroxylation is 1. The second-order valence-corrected chi connectivity index (χ2v) is 5.61. The number of aromatic nitrogens is 2. The normalized spacial score (nSPS) is 20.4. The smallest absolute Gasteiger partial charge is 0.181 e. The molecule has 102 valence electrons. The third kappa shape index (κ3) is 1.68. The third-order valence-corrected chi connectivity index (χ3v) is 4.08. The lowest BCUT2D eigenvalue weighted by Crippen LogP contribution is -2.14. The number of benzene rings is 1. The zero-order chi connectivity index (χ0) is 13.7. The maximum Gasteiger partial charge on any atom is 0.181 e. The van der Waals surface area contributed by atoms with Gasteiger partial charge < -0.3 is 4.74 Å². The molecule has 0 amide bonds. The molecule has 4 rings (SSSR count). The predicted octanol–water partition coefficient (Wildman–Crippen LogP) is 2.71. The lowest BCUT2D eigenvalue weighted by Gasteiger charge is -2.13. The van der Waals surface area contributed by atoms with Crippen LogP contribution in [0.1, 0.15) is 41.5 Å². The number of ketones is 1. The number of imidazole rings is 1. The highest BCUT2D eigenvalue weighted by molar-refractivity contribution is 5.97. The molecule has 4 nitrogen and oxygen atoms in total. The van der Waals surface area contributed by atoms with Gasteiger partial charge in [-0.3, -0.25) is 9.36 Å². The van der Waals surface area contributed by atoms with Crippen molar-refractivity contribution < 1.29 is 9.53 Å². The molecule has 0 bridgehead atoms. The summed E-state index contributed by atoms with van der Waals surface area (Å²) in [5.41, 5.74) is 3.92. The zero-order valence-corrected chi connectivity index (χ0v) is 11.4. The number of hydrogen-bond acceptors (Lipinski definition) is 3. The number of ether oxygens (including phenoxy) is 1. The lowest BCUT2D eigenvalue weighted by atomic mass is 9.99. The Labute approximate surface area is 117 Å². The molecule has 2 aromatic rings. The average Bonchev–Trinajstić information content (AvgIpc) is 3.00. The van der Waals surface area contributed by atoms with Gasteiger partial charge in [0.15, 0.2) is 5.78 Å². The first kappa shape index (κ1) is 11.7. The molecule has 1 aliphatic heterocycles. The van der Waals surface area contributed by atoms with Crippen LogP contribution in [0.15, 0.2) is 24.5 Å². The van der Waals surface area contributed by atoms with E-state index in [9.17, 15) is 4.79 Å². The van der Waals surface area contributed by atoms with Gasteiger partial charge in [0.05, 0.1) is 5.69 Å². The fourth-order valence-electron chi connectivity index (χ4n) is 3.15. The largest absolute Gasteiger partial charge is 0.490 e. The van der Waals surface area contributed by atoms with Crippen LogP contribution in [0.25, 0.3) is 5.69 Å². The lowest BCUT2D eigenvalue weighted by molar-refractivity contribution is 0.0965. The first-order chi connectivity index (χ1) is 9.72. The molecule has 0 radical (unpaired) electrons. The fourth-order valence-corrected chi connectivity index (χ4v) is 3.15. The summed E-state index contributed by atoms with van der Waals surface area (Å²) in [6.07, 6.45) is 5.38. The molecule has 0 spiro atoms. The van der Waals surface area contributed by atoms with E-state index in [1.807, 2.05) is 16.7 Å². The Morgan fingerprint density at radius 3 is 3.15 bits per heavy atom. The van der Waals surface area contributed by atoms with Crippen LogP contribution in [-0.2, 0) is 12.8 Å². The minimum absolute atomic E-state index is 0.203. The van der Waals surface area contributed by atoms with Gasteiger partial charge >= 0.3 is 0 Å². The molecule has 0 saturated carbocycles. The van der Waals surface area contributed by atoms with Crippen LogP contribution in [0.3, 0.4) is 0 Å². The van der Waals surface area contributed by atoms with Gasteiger partial charge in [-0.1, -0.05) is 0 Å². The average molecular weight is 268 g/mol. The summed E-state index contributed by atoms with van der Waals surface area (Å²) in [6.45, 7) is 2.07. The summed E-state index contributed by atoms with van der Waals surface area (Å²) < 4.78 is 7.65. The predicted molar refractivity (Wildman–Crippen MR) is 74.6 cm³/mol. The van der Waals surface area contributed by atoms with Gasteiger partial charge in [-0.15, -0.1) is 0 Å². The summed E-state index contributed by atoms with van der Waals surface area (Å²) in [7, 11) is 0. The van der Waals surface area contributed by atoms with Crippen molar-refractivity contribution in [2.75, 3.05) is 0 Å². The van der Waals surface area contributed by atoms with E-state index in [-0.39, 0.29) is 11.9 Å². The van der Waals surface area contributed by atoms with Gasteiger partial charge in [-0.2, -0.15) is 0 Å². The van der Waals surface area contributed by atoms with Gasteiger partial charge in [-0.05, 0) is 43.5 Å². The molecule has 1 aromatic carbocycles. The van der Waals surface area contributed by atoms with Crippen molar-refractivity contribution in [3.63, 3.8) is 0 Å². The molecule has 1 aliphatic carbocycles. The van der Waals surface area contributed by atoms with Gasteiger partial charge in [0.25, 0.3) is 0 Å². The molecule has 1 aromatic heterocycles. The quantitative estimate of drug-likeness (QED) is 0.798. The molecule has 20 heavy (non-hydrogen) atoms. The second kappa shape index (κ2) is 4.20. The van der Waals surface area contributed by atoms with E-state index in [2.05, 4.69) is 18.0 Å². The van der Waals surface area contributed by atoms with Crippen molar-refractivity contribution in [2.45, 2.75) is 38.7 Å². The monoisotopic (exact) mass is 268 g/mol. The van der Waals surface area contributed by atoms with Crippen LogP contribution in [0.5, 0.6) is 5.75 Å². The van der Waals surface area contributed by atoms with Crippen LogP contribution >= 0.6 is 0 Å². The Kier molecular flexibility index (Phi) is 2.46. The van der Waals surface area contributed by atoms with E-state index in [4.69, 9.17) is 4.74 Å². The fraction of sp³-hybridized carbons (Fsp3) is 0.375. The summed E-state index contributed by atoms with van der Waals surface area (Å²) >= 11 is 0. The molecule has 0 N–H and O–H groups in total. The summed E-state index contributed by atoms with van der Waals surface area (Å²) in [4.78, 5) is 16.5. The highest BCUT2D eigenvalue weighted by atomic mass is 16.5. The number of carbonyl (C=O) groups is 1. The van der Waals surface area contributed by atoms with Crippen molar-refractivity contribution in [1.29, 1.82) is 0 Å². The highest BCUT2D eigenvalue weighted by Crippen LogP contribution is 2.31. The van der Waals surface area contributed by atoms with E-state index in [0.717, 1.165) is 42.1 Å². The number of nitrogens with zero attached hydrogens (tertiary/aromatic N) is 2. The molecule has 2 heterocycles. The maximum absolute atomic E-state index is 12.1. The Balaban J connectivity index is 1.81. The molecule has 1 unspecified atom stereocenters. The molecule has 0 saturated heterocycles. The van der Waals surface area contributed by atoms with E-state index in [1.54, 1.807) is 6.33 Å². The first-order valence-electron chi connectivity index (χ1n) is 7.12. The molecular weight excluding hydrogens is 252 g/mol. The SMILES string of the molecule is CC1Cc2cc(-n3cnc4c3C(=O)CCC4)ccc2O1. The van der Waals surface area contributed by atoms with Crippen LogP contribution in [-0.4, -0.2) is 21.4 Å². The van der Waals surface area contributed by atoms with E-state index < -0.39 is 0 Å². The molecule has 4 heteroatoms. The van der Waals surface area contributed by atoms with Crippen molar-refractivity contribution in [3.05, 3.63) is 41.5 Å². The van der Waals surface area contributed by atoms with Gasteiger partial charge in [-0.25, -0.2) is 4.98 Å². The number of carbonyl (C=O) groups excluding carboxylic acids is 1. The molecule has 1 atom stereocenters. The van der Waals surface area contributed by atoms with Gasteiger partial charge in [0.2, 0.25) is 0 Å². The highest BCUT2D eigenvalue weighted by Gasteiger charge is 2.25. The van der Waals surface area contributed by atoms with Crippen molar-refractivity contribution >= 4 is 5.78 Å². The molecular formula is C16H16N2O2. The van der Waals surface area contributed by atoms with Gasteiger partial charge in [0, 0.05) is 18.5 Å². The van der Waals surface area contributed by atoms with Crippen molar-refractivity contribution in [2.24, 2.45) is 0 Å². The van der Waals surface area contributed by atoms with E-state index in [0.29, 0.717) is 6.42 Å². The Hall–Kier alpha value is -2.10. The Bertz CT molecular complexity index is 702. The van der Waals surface area contributed by atoms with E-state index >= 15 is 0 Å². The zero-order valence-electron chi connectivity index (χ0n) is 11.4. The molecule has 2 aliphatic rings. The minimum atomic E-state index is 0.203. The second-order valence-electron chi connectivity index (χ2n) is 5.61. The summed E-state index contributed by atoms with van der Waals surface area (Å²) in [6, 6.07) is 6.11. The third-order valence-electron chi connectivity index (χ3n) is 4.08. The van der Waals surface area contributed by atoms with Gasteiger partial charge in [0.1, 0.15) is 23.9 Å².